The number of hydrogen-bond acceptors (Lipinski definition) is 2. The molecule has 2 aliphatic rings. The van der Waals surface area contributed by atoms with Crippen LogP contribution in [0.15, 0.2) is 18.2 Å². The van der Waals surface area contributed by atoms with Crippen LogP contribution < -0.4 is 16.0 Å². The summed E-state index contributed by atoms with van der Waals surface area (Å²) in [6.07, 6.45) is 3.30. The van der Waals surface area contributed by atoms with Gasteiger partial charge in [-0.2, -0.15) is 0 Å². The van der Waals surface area contributed by atoms with Crippen LogP contribution in [0.4, 0.5) is 10.5 Å². The minimum atomic E-state index is -0.0868. The lowest BCUT2D eigenvalue weighted by Gasteiger charge is -2.18. The molecule has 1 saturated carbocycles. The fourth-order valence-corrected chi connectivity index (χ4v) is 2.14. The number of fused-ring (bicyclic) bond motifs is 1. The van der Waals surface area contributed by atoms with Gasteiger partial charge in [0.25, 0.3) is 0 Å². The summed E-state index contributed by atoms with van der Waals surface area (Å²) in [6, 6.07) is 6.47. The molecular formula is C13H17N3O. The van der Waals surface area contributed by atoms with Crippen molar-refractivity contribution in [3.63, 3.8) is 0 Å². The van der Waals surface area contributed by atoms with Crippen LogP contribution in [0, 0.1) is 0 Å². The minimum absolute atomic E-state index is 0.0868. The highest BCUT2D eigenvalue weighted by Gasteiger charge is 2.23. The van der Waals surface area contributed by atoms with Gasteiger partial charge in [-0.15, -0.1) is 0 Å². The zero-order valence-corrected chi connectivity index (χ0v) is 9.75. The molecule has 1 aliphatic heterocycles. The van der Waals surface area contributed by atoms with Crippen LogP contribution >= 0.6 is 0 Å². The van der Waals surface area contributed by atoms with Crippen LogP contribution in [0.2, 0.25) is 0 Å². The first-order valence-corrected chi connectivity index (χ1v) is 6.21. The van der Waals surface area contributed by atoms with E-state index in [2.05, 4.69) is 28.1 Å². The zero-order chi connectivity index (χ0) is 11.7. The topological polar surface area (TPSA) is 53.2 Å². The molecule has 0 spiro atoms. The molecule has 3 rings (SSSR count). The SMILES string of the molecule is O=C(Nc1ccc2c(c1)CNCC2)NC1CC1. The van der Waals surface area contributed by atoms with Crippen LogP contribution in [0.25, 0.3) is 0 Å². The normalized spacial score (nSPS) is 18.4. The molecule has 1 aliphatic carbocycles. The number of amides is 2. The van der Waals surface area contributed by atoms with E-state index in [0.29, 0.717) is 6.04 Å². The number of benzene rings is 1. The number of carbonyl (C=O) groups is 1. The first-order valence-electron chi connectivity index (χ1n) is 6.21. The quantitative estimate of drug-likeness (QED) is 0.724. The second-order valence-electron chi connectivity index (χ2n) is 4.78. The predicted molar refractivity (Wildman–Crippen MR) is 67.0 cm³/mol. The molecule has 3 N–H and O–H groups in total. The number of anilines is 1. The van der Waals surface area contributed by atoms with E-state index in [1.807, 2.05) is 6.07 Å². The summed E-state index contributed by atoms with van der Waals surface area (Å²) in [5.41, 5.74) is 3.56. The highest BCUT2D eigenvalue weighted by Crippen LogP contribution is 2.20. The lowest BCUT2D eigenvalue weighted by atomic mass is 10.0. The number of urea groups is 1. The number of hydrogen-bond donors (Lipinski definition) is 3. The Morgan fingerprint density at radius 1 is 1.29 bits per heavy atom. The molecule has 1 aromatic carbocycles. The van der Waals surface area contributed by atoms with E-state index in [4.69, 9.17) is 0 Å². The molecule has 2 amide bonds. The van der Waals surface area contributed by atoms with Gasteiger partial charge in [-0.25, -0.2) is 4.79 Å². The van der Waals surface area contributed by atoms with Gasteiger partial charge in [0.05, 0.1) is 0 Å². The molecule has 1 aromatic rings. The highest BCUT2D eigenvalue weighted by molar-refractivity contribution is 5.89. The van der Waals surface area contributed by atoms with Crippen molar-refractivity contribution in [3.8, 4) is 0 Å². The summed E-state index contributed by atoms with van der Waals surface area (Å²) in [5.74, 6) is 0. The van der Waals surface area contributed by atoms with Gasteiger partial charge in [0.2, 0.25) is 0 Å². The first-order chi connectivity index (χ1) is 8.31. The summed E-state index contributed by atoms with van der Waals surface area (Å²) in [7, 11) is 0. The Hall–Kier alpha value is -1.55. The average molecular weight is 231 g/mol. The molecule has 0 radical (unpaired) electrons. The molecule has 4 heteroatoms. The third kappa shape index (κ3) is 2.58. The lowest BCUT2D eigenvalue weighted by molar-refractivity contribution is 0.251. The number of carbonyl (C=O) groups excluding carboxylic acids is 1. The van der Waals surface area contributed by atoms with E-state index in [1.54, 1.807) is 0 Å². The highest BCUT2D eigenvalue weighted by atomic mass is 16.2. The van der Waals surface area contributed by atoms with Gasteiger partial charge in [0.1, 0.15) is 0 Å². The van der Waals surface area contributed by atoms with Crippen molar-refractivity contribution >= 4 is 11.7 Å². The fourth-order valence-electron chi connectivity index (χ4n) is 2.14. The Balaban J connectivity index is 1.67. The van der Waals surface area contributed by atoms with Crippen molar-refractivity contribution in [2.75, 3.05) is 11.9 Å². The molecule has 0 unspecified atom stereocenters. The molecule has 4 nitrogen and oxygen atoms in total. The van der Waals surface area contributed by atoms with Gasteiger partial charge in [0, 0.05) is 18.3 Å². The molecule has 1 heterocycles. The zero-order valence-electron chi connectivity index (χ0n) is 9.75. The van der Waals surface area contributed by atoms with Crippen molar-refractivity contribution in [3.05, 3.63) is 29.3 Å². The Morgan fingerprint density at radius 3 is 3.00 bits per heavy atom. The summed E-state index contributed by atoms with van der Waals surface area (Å²) in [6.45, 7) is 1.94. The average Bonchev–Trinajstić information content (AvgIpc) is 3.12. The fraction of sp³-hybridized carbons (Fsp3) is 0.462. The van der Waals surface area contributed by atoms with Gasteiger partial charge < -0.3 is 16.0 Å². The first kappa shape index (κ1) is 10.6. The van der Waals surface area contributed by atoms with Crippen LogP contribution in [0.1, 0.15) is 24.0 Å². The van der Waals surface area contributed by atoms with Gasteiger partial charge in [-0.05, 0) is 49.1 Å². The second-order valence-corrected chi connectivity index (χ2v) is 4.78. The van der Waals surface area contributed by atoms with E-state index < -0.39 is 0 Å². The molecular weight excluding hydrogens is 214 g/mol. The molecule has 0 atom stereocenters. The van der Waals surface area contributed by atoms with E-state index >= 15 is 0 Å². The summed E-state index contributed by atoms with van der Waals surface area (Å²) in [5, 5.41) is 9.14. The maximum Gasteiger partial charge on any atom is 0.319 e. The second kappa shape index (κ2) is 4.37. The van der Waals surface area contributed by atoms with Crippen molar-refractivity contribution < 1.29 is 4.79 Å². The minimum Gasteiger partial charge on any atom is -0.335 e. The number of nitrogens with one attached hydrogen (secondary N) is 3. The van der Waals surface area contributed by atoms with Crippen LogP contribution in [0.3, 0.4) is 0 Å². The van der Waals surface area contributed by atoms with E-state index in [-0.39, 0.29) is 6.03 Å². The van der Waals surface area contributed by atoms with Crippen molar-refractivity contribution in [1.29, 1.82) is 0 Å². The van der Waals surface area contributed by atoms with Crippen molar-refractivity contribution in [1.82, 2.24) is 10.6 Å². The molecule has 90 valence electrons. The molecule has 0 bridgehead atoms. The Labute approximate surface area is 101 Å². The van der Waals surface area contributed by atoms with Crippen molar-refractivity contribution in [2.45, 2.75) is 31.8 Å². The summed E-state index contributed by atoms with van der Waals surface area (Å²) >= 11 is 0. The number of rotatable bonds is 2. The van der Waals surface area contributed by atoms with Crippen molar-refractivity contribution in [2.24, 2.45) is 0 Å². The largest absolute Gasteiger partial charge is 0.335 e. The van der Waals surface area contributed by atoms with Crippen LogP contribution in [0.5, 0.6) is 0 Å². The molecule has 17 heavy (non-hydrogen) atoms. The van der Waals surface area contributed by atoms with E-state index in [1.165, 1.54) is 11.1 Å². The van der Waals surface area contributed by atoms with Gasteiger partial charge >= 0.3 is 6.03 Å². The predicted octanol–water partition coefficient (Wildman–Crippen LogP) is 1.62. The van der Waals surface area contributed by atoms with Gasteiger partial charge in [-0.1, -0.05) is 6.07 Å². The lowest BCUT2D eigenvalue weighted by Crippen LogP contribution is -2.30. The van der Waals surface area contributed by atoms with Crippen LogP contribution in [-0.2, 0) is 13.0 Å². The Bertz CT molecular complexity index is 440. The molecule has 0 aromatic heterocycles. The smallest absolute Gasteiger partial charge is 0.319 e. The van der Waals surface area contributed by atoms with Crippen LogP contribution in [-0.4, -0.2) is 18.6 Å². The third-order valence-electron chi connectivity index (χ3n) is 3.26. The standard InChI is InChI=1S/C13H17N3O/c17-13(15-11-3-4-11)16-12-2-1-9-5-6-14-8-10(9)7-12/h1-2,7,11,14H,3-6,8H2,(H2,15,16,17). The monoisotopic (exact) mass is 231 g/mol. The van der Waals surface area contributed by atoms with E-state index in [0.717, 1.165) is 38.0 Å². The summed E-state index contributed by atoms with van der Waals surface area (Å²) in [4.78, 5) is 11.6. The summed E-state index contributed by atoms with van der Waals surface area (Å²) < 4.78 is 0. The Kier molecular flexibility index (Phi) is 2.73. The maximum absolute atomic E-state index is 11.6. The van der Waals surface area contributed by atoms with E-state index in [9.17, 15) is 4.79 Å². The molecule has 0 saturated heterocycles. The van der Waals surface area contributed by atoms with Gasteiger partial charge in [-0.3, -0.25) is 0 Å². The molecule has 1 fully saturated rings. The van der Waals surface area contributed by atoms with Gasteiger partial charge in [0.15, 0.2) is 0 Å². The maximum atomic E-state index is 11.6. The Morgan fingerprint density at radius 2 is 2.18 bits per heavy atom. The third-order valence-corrected chi connectivity index (χ3v) is 3.26.